The van der Waals surface area contributed by atoms with E-state index in [4.69, 9.17) is 39.5 Å². The van der Waals surface area contributed by atoms with Gasteiger partial charge in [-0.3, -0.25) is 14.8 Å². The van der Waals surface area contributed by atoms with Crippen molar-refractivity contribution in [1.82, 2.24) is 0 Å². The van der Waals surface area contributed by atoms with Crippen molar-refractivity contribution in [3.63, 3.8) is 0 Å². The first-order chi connectivity index (χ1) is 14.1. The minimum Gasteiger partial charge on any atom is -0.453 e. The second-order valence-corrected chi connectivity index (χ2v) is 9.84. The Kier molecular flexibility index (Phi) is 6.98. The number of nitro benzene ring substituents is 1. The largest absolute Gasteiger partial charge is 0.453 e. The minimum atomic E-state index is -3.97. The van der Waals surface area contributed by atoms with E-state index in [1.54, 1.807) is 24.3 Å². The number of hydrogen-bond donors (Lipinski definition) is 1. The summed E-state index contributed by atoms with van der Waals surface area (Å²) in [4.78, 5) is 10.0. The maximum absolute atomic E-state index is 12.7. The molecule has 0 aliphatic heterocycles. The predicted octanol–water partition coefficient (Wildman–Crippen LogP) is 6.75. The molecule has 0 bridgehead atoms. The summed E-state index contributed by atoms with van der Waals surface area (Å²) in [5, 5.41) is 10.6. The van der Waals surface area contributed by atoms with Gasteiger partial charge in [-0.15, -0.1) is 0 Å². The van der Waals surface area contributed by atoms with Crippen LogP contribution in [0.2, 0.25) is 15.1 Å². The zero-order valence-electron chi connectivity index (χ0n) is 14.6. The number of nitro groups is 1. The Morgan fingerprint density at radius 2 is 1.60 bits per heavy atom. The van der Waals surface area contributed by atoms with Gasteiger partial charge in [0, 0.05) is 15.7 Å². The van der Waals surface area contributed by atoms with Gasteiger partial charge in [0.2, 0.25) is 0 Å². The van der Waals surface area contributed by atoms with Crippen LogP contribution in [0.4, 0.5) is 11.4 Å². The second kappa shape index (κ2) is 9.15. The average Bonchev–Trinajstić information content (AvgIpc) is 2.67. The standard InChI is InChI=1S/C18H10Cl3IN2O5S/c19-12-7-10(24(25)26)5-6-17(12)29-18-13(20)8-11(9-14(18)21)30(27,28)23-16-4-2-1-3-15(16)22/h1-9,23H. The summed E-state index contributed by atoms with van der Waals surface area (Å²) in [6, 6.07) is 12.8. The molecule has 12 heteroatoms. The van der Waals surface area contributed by atoms with Crippen molar-refractivity contribution in [2.75, 3.05) is 4.72 Å². The molecule has 0 atom stereocenters. The number of rotatable bonds is 6. The fraction of sp³-hybridized carbons (Fsp3) is 0. The van der Waals surface area contributed by atoms with Gasteiger partial charge in [0.15, 0.2) is 5.75 Å². The fourth-order valence-electron chi connectivity index (χ4n) is 2.33. The van der Waals surface area contributed by atoms with Crippen molar-refractivity contribution < 1.29 is 18.1 Å². The van der Waals surface area contributed by atoms with Crippen LogP contribution in [-0.2, 0) is 10.0 Å². The highest BCUT2D eigenvalue weighted by molar-refractivity contribution is 14.1. The molecule has 30 heavy (non-hydrogen) atoms. The SMILES string of the molecule is O=[N+]([O-])c1ccc(Oc2c(Cl)cc(S(=O)(=O)Nc3ccccc3I)cc2Cl)c(Cl)c1. The highest BCUT2D eigenvalue weighted by Crippen LogP contribution is 2.41. The predicted molar refractivity (Wildman–Crippen MR) is 125 cm³/mol. The molecule has 0 amide bonds. The first kappa shape index (κ1) is 22.9. The summed E-state index contributed by atoms with van der Waals surface area (Å²) in [5.74, 6) is 0.0287. The zero-order valence-corrected chi connectivity index (χ0v) is 19.8. The topological polar surface area (TPSA) is 98.5 Å². The summed E-state index contributed by atoms with van der Waals surface area (Å²) < 4.78 is 34.2. The van der Waals surface area contributed by atoms with Gasteiger partial charge in [0.1, 0.15) is 5.75 Å². The quantitative estimate of drug-likeness (QED) is 0.192. The molecular formula is C18H10Cl3IN2O5S. The van der Waals surface area contributed by atoms with E-state index in [1.165, 1.54) is 24.3 Å². The van der Waals surface area contributed by atoms with Crippen molar-refractivity contribution in [2.24, 2.45) is 0 Å². The maximum atomic E-state index is 12.7. The molecule has 0 saturated heterocycles. The first-order valence-corrected chi connectivity index (χ1v) is 11.7. The number of sulfonamides is 1. The van der Waals surface area contributed by atoms with Crippen LogP contribution in [0.5, 0.6) is 11.5 Å². The summed E-state index contributed by atoms with van der Waals surface area (Å²) in [6.45, 7) is 0. The molecule has 3 rings (SSSR count). The number of nitrogens with one attached hydrogen (secondary N) is 1. The number of benzene rings is 3. The number of para-hydroxylation sites is 1. The van der Waals surface area contributed by atoms with Crippen molar-refractivity contribution in [3.8, 4) is 11.5 Å². The van der Waals surface area contributed by atoms with E-state index in [9.17, 15) is 18.5 Å². The van der Waals surface area contributed by atoms with Crippen LogP contribution in [0.1, 0.15) is 0 Å². The van der Waals surface area contributed by atoms with E-state index < -0.39 is 14.9 Å². The van der Waals surface area contributed by atoms with Gasteiger partial charge in [-0.2, -0.15) is 0 Å². The van der Waals surface area contributed by atoms with Crippen LogP contribution >= 0.6 is 57.4 Å². The number of ether oxygens (including phenoxy) is 1. The van der Waals surface area contributed by atoms with E-state index in [2.05, 4.69) is 4.72 Å². The monoisotopic (exact) mass is 598 g/mol. The summed E-state index contributed by atoms with van der Waals surface area (Å²) >= 11 is 20.4. The fourth-order valence-corrected chi connectivity index (χ4v) is 5.08. The molecule has 1 N–H and O–H groups in total. The third-order valence-corrected chi connectivity index (χ3v) is 6.88. The van der Waals surface area contributed by atoms with E-state index >= 15 is 0 Å². The van der Waals surface area contributed by atoms with E-state index in [-0.39, 0.29) is 37.1 Å². The Labute approximate surface area is 200 Å². The third kappa shape index (κ3) is 5.09. The molecule has 0 unspecified atom stereocenters. The van der Waals surface area contributed by atoms with E-state index in [1.807, 2.05) is 22.6 Å². The molecule has 0 aliphatic rings. The van der Waals surface area contributed by atoms with Crippen LogP contribution in [0.15, 0.2) is 59.5 Å². The van der Waals surface area contributed by atoms with Gasteiger partial charge in [0.25, 0.3) is 15.7 Å². The van der Waals surface area contributed by atoms with Crippen molar-refractivity contribution >= 4 is 78.8 Å². The Morgan fingerprint density at radius 3 is 2.17 bits per heavy atom. The van der Waals surface area contributed by atoms with Gasteiger partial charge >= 0.3 is 0 Å². The molecule has 0 radical (unpaired) electrons. The summed E-state index contributed by atoms with van der Waals surface area (Å²) in [5.41, 5.74) is 0.191. The molecule has 3 aromatic carbocycles. The lowest BCUT2D eigenvalue weighted by Gasteiger charge is -2.14. The van der Waals surface area contributed by atoms with Crippen LogP contribution < -0.4 is 9.46 Å². The average molecular weight is 600 g/mol. The van der Waals surface area contributed by atoms with Crippen LogP contribution in [0.25, 0.3) is 0 Å². The Hall–Kier alpha value is -1.79. The molecule has 0 aliphatic carbocycles. The van der Waals surface area contributed by atoms with Crippen LogP contribution in [-0.4, -0.2) is 13.3 Å². The van der Waals surface area contributed by atoms with Gasteiger partial charge in [-0.05, 0) is 52.9 Å². The molecule has 3 aromatic rings. The lowest BCUT2D eigenvalue weighted by atomic mass is 10.3. The molecule has 0 saturated carbocycles. The molecule has 156 valence electrons. The number of hydrogen-bond acceptors (Lipinski definition) is 5. The summed E-state index contributed by atoms with van der Waals surface area (Å²) in [6.07, 6.45) is 0. The van der Waals surface area contributed by atoms with Gasteiger partial charge < -0.3 is 4.74 Å². The lowest BCUT2D eigenvalue weighted by molar-refractivity contribution is -0.384. The number of halogens is 4. The number of non-ortho nitro benzene ring substituents is 1. The van der Waals surface area contributed by atoms with Crippen molar-refractivity contribution in [2.45, 2.75) is 4.90 Å². The summed E-state index contributed by atoms with van der Waals surface area (Å²) in [7, 11) is -3.97. The Bertz CT molecular complexity index is 1230. The second-order valence-electron chi connectivity index (χ2n) is 5.78. The van der Waals surface area contributed by atoms with Gasteiger partial charge in [-0.25, -0.2) is 8.42 Å². The highest BCUT2D eigenvalue weighted by atomic mass is 127. The van der Waals surface area contributed by atoms with E-state index in [0.717, 1.165) is 6.07 Å². The Morgan fingerprint density at radius 1 is 0.967 bits per heavy atom. The van der Waals surface area contributed by atoms with E-state index in [0.29, 0.717) is 9.26 Å². The molecule has 0 spiro atoms. The van der Waals surface area contributed by atoms with Crippen molar-refractivity contribution in [1.29, 1.82) is 0 Å². The first-order valence-electron chi connectivity index (χ1n) is 7.96. The number of anilines is 1. The zero-order chi connectivity index (χ0) is 22.1. The molecule has 7 nitrogen and oxygen atoms in total. The minimum absolute atomic E-state index is 0.0339. The highest BCUT2D eigenvalue weighted by Gasteiger charge is 2.21. The normalized spacial score (nSPS) is 11.2. The Balaban J connectivity index is 1.92. The van der Waals surface area contributed by atoms with Crippen LogP contribution in [0.3, 0.4) is 0 Å². The third-order valence-electron chi connectivity index (χ3n) is 3.74. The smallest absolute Gasteiger partial charge is 0.271 e. The maximum Gasteiger partial charge on any atom is 0.271 e. The molecule has 0 aromatic heterocycles. The molecular weight excluding hydrogens is 590 g/mol. The lowest BCUT2D eigenvalue weighted by Crippen LogP contribution is -2.14. The molecule has 0 heterocycles. The van der Waals surface area contributed by atoms with Gasteiger partial charge in [-0.1, -0.05) is 46.9 Å². The van der Waals surface area contributed by atoms with Crippen molar-refractivity contribution in [3.05, 3.63) is 83.3 Å². The van der Waals surface area contributed by atoms with Gasteiger partial charge in [0.05, 0.1) is 30.6 Å². The van der Waals surface area contributed by atoms with Crippen LogP contribution in [0, 0.1) is 13.7 Å². The molecule has 0 fully saturated rings. The number of nitrogens with zero attached hydrogens (tertiary/aromatic N) is 1.